The van der Waals surface area contributed by atoms with Gasteiger partial charge < -0.3 is 19.8 Å². The Hall–Kier alpha value is -2.17. The molecule has 0 aliphatic carbocycles. The lowest BCUT2D eigenvalue weighted by Crippen LogP contribution is -1.97. The Kier molecular flexibility index (Phi) is 3.27. The molecular weight excluding hydrogens is 242 g/mol. The third-order valence-electron chi connectivity index (χ3n) is 3.07. The SMILES string of the molecule is CNc1ncc(Cc2ccc3c(c2)OCCCO3)[nH]1. The van der Waals surface area contributed by atoms with E-state index in [9.17, 15) is 0 Å². The second kappa shape index (κ2) is 5.22. The van der Waals surface area contributed by atoms with Crippen molar-refractivity contribution in [1.29, 1.82) is 0 Å². The fraction of sp³-hybridized carbons (Fsp3) is 0.357. The van der Waals surface area contributed by atoms with Crippen LogP contribution in [0.5, 0.6) is 11.5 Å². The molecule has 1 aliphatic rings. The first-order valence-electron chi connectivity index (χ1n) is 6.45. The van der Waals surface area contributed by atoms with Crippen LogP contribution in [0.1, 0.15) is 17.7 Å². The van der Waals surface area contributed by atoms with E-state index >= 15 is 0 Å². The number of anilines is 1. The number of aromatic nitrogens is 2. The maximum atomic E-state index is 5.69. The third kappa shape index (κ3) is 2.65. The predicted octanol–water partition coefficient (Wildman–Crippen LogP) is 2.20. The topological polar surface area (TPSA) is 59.2 Å². The zero-order valence-corrected chi connectivity index (χ0v) is 10.9. The van der Waals surface area contributed by atoms with Crippen LogP contribution in [0.4, 0.5) is 5.95 Å². The maximum absolute atomic E-state index is 5.69. The van der Waals surface area contributed by atoms with Crippen molar-refractivity contribution in [3.63, 3.8) is 0 Å². The van der Waals surface area contributed by atoms with Crippen LogP contribution in [-0.4, -0.2) is 30.2 Å². The molecule has 0 amide bonds. The van der Waals surface area contributed by atoms with E-state index in [0.29, 0.717) is 6.61 Å². The average Bonchev–Trinajstić information content (AvgIpc) is 2.75. The molecule has 1 aromatic heterocycles. The van der Waals surface area contributed by atoms with E-state index < -0.39 is 0 Å². The van der Waals surface area contributed by atoms with Gasteiger partial charge in [0.05, 0.1) is 19.4 Å². The number of H-pyrrole nitrogens is 1. The highest BCUT2D eigenvalue weighted by atomic mass is 16.5. The van der Waals surface area contributed by atoms with Gasteiger partial charge in [0.2, 0.25) is 0 Å². The predicted molar refractivity (Wildman–Crippen MR) is 73.0 cm³/mol. The Morgan fingerprint density at radius 2 is 2.11 bits per heavy atom. The summed E-state index contributed by atoms with van der Waals surface area (Å²) in [5, 5.41) is 2.98. The zero-order chi connectivity index (χ0) is 13.1. The molecule has 100 valence electrons. The number of rotatable bonds is 3. The molecule has 2 heterocycles. The number of aromatic amines is 1. The molecule has 1 aromatic carbocycles. The first-order chi connectivity index (χ1) is 9.35. The number of hydrogen-bond donors (Lipinski definition) is 2. The minimum Gasteiger partial charge on any atom is -0.490 e. The number of nitrogens with one attached hydrogen (secondary N) is 2. The van der Waals surface area contributed by atoms with Gasteiger partial charge in [-0.3, -0.25) is 0 Å². The highest BCUT2D eigenvalue weighted by Gasteiger charge is 2.11. The van der Waals surface area contributed by atoms with Crippen LogP contribution in [-0.2, 0) is 6.42 Å². The van der Waals surface area contributed by atoms with Gasteiger partial charge in [-0.1, -0.05) is 6.07 Å². The fourth-order valence-corrected chi connectivity index (χ4v) is 2.11. The number of fused-ring (bicyclic) bond motifs is 1. The number of ether oxygens (including phenoxy) is 2. The summed E-state index contributed by atoms with van der Waals surface area (Å²) in [7, 11) is 1.84. The highest BCUT2D eigenvalue weighted by Crippen LogP contribution is 2.31. The lowest BCUT2D eigenvalue weighted by Gasteiger charge is -2.08. The van der Waals surface area contributed by atoms with E-state index in [0.717, 1.165) is 42.6 Å². The average molecular weight is 259 g/mol. The normalized spacial score (nSPS) is 13.9. The molecule has 0 saturated carbocycles. The Bertz CT molecular complexity index is 566. The quantitative estimate of drug-likeness (QED) is 0.887. The first-order valence-corrected chi connectivity index (χ1v) is 6.45. The molecule has 2 N–H and O–H groups in total. The summed E-state index contributed by atoms with van der Waals surface area (Å²) in [6, 6.07) is 6.08. The first kappa shape index (κ1) is 11.9. The summed E-state index contributed by atoms with van der Waals surface area (Å²) in [4.78, 5) is 7.42. The van der Waals surface area contributed by atoms with Crippen LogP contribution in [0.2, 0.25) is 0 Å². The maximum Gasteiger partial charge on any atom is 0.200 e. The number of imidazole rings is 1. The van der Waals surface area contributed by atoms with Gasteiger partial charge in [0.15, 0.2) is 17.4 Å². The summed E-state index contributed by atoms with van der Waals surface area (Å²) >= 11 is 0. The molecular formula is C14H17N3O2. The summed E-state index contributed by atoms with van der Waals surface area (Å²) in [5.74, 6) is 2.45. The second-order valence-electron chi connectivity index (χ2n) is 4.52. The van der Waals surface area contributed by atoms with Crippen molar-refractivity contribution in [2.45, 2.75) is 12.8 Å². The number of nitrogens with zero attached hydrogens (tertiary/aromatic N) is 1. The van der Waals surface area contributed by atoms with Gasteiger partial charge in [0.1, 0.15) is 0 Å². The molecule has 5 nitrogen and oxygen atoms in total. The Morgan fingerprint density at radius 3 is 2.89 bits per heavy atom. The Morgan fingerprint density at radius 1 is 1.26 bits per heavy atom. The molecule has 2 aromatic rings. The third-order valence-corrected chi connectivity index (χ3v) is 3.07. The zero-order valence-electron chi connectivity index (χ0n) is 10.9. The van der Waals surface area contributed by atoms with Crippen molar-refractivity contribution < 1.29 is 9.47 Å². The van der Waals surface area contributed by atoms with Crippen LogP contribution in [0, 0.1) is 0 Å². The van der Waals surface area contributed by atoms with E-state index in [1.54, 1.807) is 0 Å². The van der Waals surface area contributed by atoms with Crippen molar-refractivity contribution in [3.05, 3.63) is 35.7 Å². The highest BCUT2D eigenvalue weighted by molar-refractivity contribution is 5.44. The van der Waals surface area contributed by atoms with Crippen molar-refractivity contribution >= 4 is 5.95 Å². The van der Waals surface area contributed by atoms with Gasteiger partial charge in [0.25, 0.3) is 0 Å². The number of benzene rings is 1. The van der Waals surface area contributed by atoms with Gasteiger partial charge in [-0.05, 0) is 17.7 Å². The largest absolute Gasteiger partial charge is 0.490 e. The van der Waals surface area contributed by atoms with Gasteiger partial charge in [0, 0.05) is 25.6 Å². The molecule has 0 unspecified atom stereocenters. The summed E-state index contributed by atoms with van der Waals surface area (Å²) in [6.45, 7) is 1.43. The lowest BCUT2D eigenvalue weighted by atomic mass is 10.1. The fourth-order valence-electron chi connectivity index (χ4n) is 2.11. The molecule has 0 fully saturated rings. The van der Waals surface area contributed by atoms with E-state index in [2.05, 4.69) is 21.4 Å². The summed E-state index contributed by atoms with van der Waals surface area (Å²) < 4.78 is 11.3. The van der Waals surface area contributed by atoms with Crippen molar-refractivity contribution in [2.75, 3.05) is 25.6 Å². The molecule has 0 saturated heterocycles. The number of hydrogen-bond acceptors (Lipinski definition) is 4. The monoisotopic (exact) mass is 259 g/mol. The van der Waals surface area contributed by atoms with Crippen LogP contribution >= 0.6 is 0 Å². The van der Waals surface area contributed by atoms with Crippen molar-refractivity contribution in [3.8, 4) is 11.5 Å². The van der Waals surface area contributed by atoms with Gasteiger partial charge in [-0.25, -0.2) is 4.98 Å². The van der Waals surface area contributed by atoms with Crippen LogP contribution < -0.4 is 14.8 Å². The molecule has 5 heteroatoms. The minimum absolute atomic E-state index is 0.713. The van der Waals surface area contributed by atoms with Gasteiger partial charge >= 0.3 is 0 Å². The molecule has 0 radical (unpaired) electrons. The Balaban J connectivity index is 1.79. The van der Waals surface area contributed by atoms with Crippen LogP contribution in [0.25, 0.3) is 0 Å². The molecule has 1 aliphatic heterocycles. The van der Waals surface area contributed by atoms with Crippen molar-refractivity contribution in [2.24, 2.45) is 0 Å². The van der Waals surface area contributed by atoms with E-state index in [4.69, 9.17) is 9.47 Å². The lowest BCUT2D eigenvalue weighted by molar-refractivity contribution is 0.297. The molecule has 0 bridgehead atoms. The van der Waals surface area contributed by atoms with Crippen LogP contribution in [0.15, 0.2) is 24.4 Å². The van der Waals surface area contributed by atoms with E-state index in [1.165, 1.54) is 5.56 Å². The van der Waals surface area contributed by atoms with E-state index in [-0.39, 0.29) is 0 Å². The summed E-state index contributed by atoms with van der Waals surface area (Å²) in [6.07, 6.45) is 3.57. The second-order valence-corrected chi connectivity index (χ2v) is 4.52. The minimum atomic E-state index is 0.713. The molecule has 0 atom stereocenters. The molecule has 0 spiro atoms. The smallest absolute Gasteiger partial charge is 0.200 e. The van der Waals surface area contributed by atoms with E-state index in [1.807, 2.05) is 25.4 Å². The molecule has 3 rings (SSSR count). The standard InChI is InChI=1S/C14H17N3O2/c1-15-14-16-9-11(17-14)7-10-3-4-12-13(8-10)19-6-2-5-18-12/h3-4,8-9H,2,5-7H2,1H3,(H2,15,16,17). The Labute approximate surface area is 112 Å². The van der Waals surface area contributed by atoms with Gasteiger partial charge in [-0.2, -0.15) is 0 Å². The summed E-state index contributed by atoms with van der Waals surface area (Å²) in [5.41, 5.74) is 2.24. The van der Waals surface area contributed by atoms with Crippen molar-refractivity contribution in [1.82, 2.24) is 9.97 Å². The molecule has 19 heavy (non-hydrogen) atoms. The van der Waals surface area contributed by atoms with Crippen LogP contribution in [0.3, 0.4) is 0 Å². The van der Waals surface area contributed by atoms with Gasteiger partial charge in [-0.15, -0.1) is 0 Å².